The second-order valence-electron chi connectivity index (χ2n) is 7.26. The fourth-order valence-electron chi connectivity index (χ4n) is 3.53. The second kappa shape index (κ2) is 7.56. The first-order valence-electron chi connectivity index (χ1n) is 9.43. The molecular weight excluding hydrogens is 352 g/mol. The molecule has 1 aliphatic rings. The molecule has 0 bridgehead atoms. The quantitative estimate of drug-likeness (QED) is 0.754. The fourth-order valence-corrected chi connectivity index (χ4v) is 3.53. The molecule has 1 N–H and O–H groups in total. The normalized spacial score (nSPS) is 14.2. The van der Waals surface area contributed by atoms with Gasteiger partial charge in [0.25, 0.3) is 0 Å². The average molecular weight is 376 g/mol. The lowest BCUT2D eigenvalue weighted by Gasteiger charge is -2.20. The van der Waals surface area contributed by atoms with Crippen LogP contribution < -0.4 is 4.74 Å². The number of ether oxygens (including phenoxy) is 1. The molecule has 1 aromatic carbocycles. The highest BCUT2D eigenvalue weighted by molar-refractivity contribution is 5.68. The number of aromatic hydroxyl groups is 1. The van der Waals surface area contributed by atoms with E-state index in [9.17, 15) is 5.11 Å². The van der Waals surface area contributed by atoms with E-state index in [1.807, 2.05) is 26.1 Å². The van der Waals surface area contributed by atoms with Gasteiger partial charge in [-0.2, -0.15) is 0 Å². The molecule has 0 unspecified atom stereocenters. The van der Waals surface area contributed by atoms with E-state index in [1.54, 1.807) is 12.3 Å². The summed E-state index contributed by atoms with van der Waals surface area (Å²) in [5.41, 5.74) is 6.50. The van der Waals surface area contributed by atoms with Crippen molar-refractivity contribution in [1.29, 1.82) is 0 Å². The maximum atomic E-state index is 10.6. The van der Waals surface area contributed by atoms with Gasteiger partial charge in [0.05, 0.1) is 22.8 Å². The number of aromatic nitrogens is 3. The molecule has 0 fully saturated rings. The fraction of sp³-hybridized carbons (Fsp3) is 0.318. The summed E-state index contributed by atoms with van der Waals surface area (Å²) in [6, 6.07) is 7.80. The van der Waals surface area contributed by atoms with Crippen LogP contribution in [-0.2, 0) is 13.1 Å². The summed E-state index contributed by atoms with van der Waals surface area (Å²) >= 11 is 0. The average Bonchev–Trinajstić information content (AvgIpc) is 2.88. The Kier molecular flexibility index (Phi) is 4.96. The highest BCUT2D eigenvalue weighted by Gasteiger charge is 2.21. The van der Waals surface area contributed by atoms with Gasteiger partial charge in [0.15, 0.2) is 11.5 Å². The van der Waals surface area contributed by atoms with Gasteiger partial charge < -0.3 is 9.84 Å². The molecule has 0 saturated carbocycles. The van der Waals surface area contributed by atoms with Crippen LogP contribution >= 0.6 is 0 Å². The summed E-state index contributed by atoms with van der Waals surface area (Å²) in [6.07, 6.45) is 3.58. The Morgan fingerprint density at radius 1 is 1.18 bits per heavy atom. The van der Waals surface area contributed by atoms with Crippen LogP contribution in [0.5, 0.6) is 11.5 Å². The number of pyridine rings is 1. The second-order valence-corrected chi connectivity index (χ2v) is 7.26. The Labute approximate surface area is 164 Å². The summed E-state index contributed by atoms with van der Waals surface area (Å²) in [7, 11) is 0. The number of nitrogens with zero attached hydrogens (tertiary/aromatic N) is 4. The van der Waals surface area contributed by atoms with Crippen LogP contribution in [-0.4, -0.2) is 38.1 Å². The number of hydrogen-bond donors (Lipinski definition) is 1. The largest absolute Gasteiger partial charge is 0.504 e. The van der Waals surface area contributed by atoms with E-state index in [2.05, 4.69) is 38.9 Å². The third-order valence-corrected chi connectivity index (χ3v) is 5.03. The molecule has 28 heavy (non-hydrogen) atoms. The molecule has 0 spiro atoms. The molecule has 3 heterocycles. The van der Waals surface area contributed by atoms with Gasteiger partial charge in [-0.1, -0.05) is 6.07 Å². The van der Waals surface area contributed by atoms with Gasteiger partial charge in [-0.15, -0.1) is 0 Å². The first-order valence-corrected chi connectivity index (χ1v) is 9.43. The van der Waals surface area contributed by atoms with Crippen molar-refractivity contribution in [1.82, 2.24) is 19.9 Å². The molecule has 4 rings (SSSR count). The zero-order chi connectivity index (χ0) is 19.7. The van der Waals surface area contributed by atoms with Crippen LogP contribution in [0.2, 0.25) is 0 Å². The number of aryl methyl sites for hydroxylation is 3. The van der Waals surface area contributed by atoms with Crippen molar-refractivity contribution in [3.05, 3.63) is 64.9 Å². The number of phenolic OH excluding ortho intramolecular Hbond substituents is 1. The minimum absolute atomic E-state index is 0.145. The van der Waals surface area contributed by atoms with E-state index in [4.69, 9.17) is 4.74 Å². The Morgan fingerprint density at radius 2 is 2.04 bits per heavy atom. The van der Waals surface area contributed by atoms with E-state index >= 15 is 0 Å². The summed E-state index contributed by atoms with van der Waals surface area (Å²) in [4.78, 5) is 15.8. The van der Waals surface area contributed by atoms with E-state index in [0.29, 0.717) is 18.9 Å². The van der Waals surface area contributed by atoms with Gasteiger partial charge in [-0.3, -0.25) is 14.9 Å². The minimum Gasteiger partial charge on any atom is -0.504 e. The molecule has 0 aliphatic carbocycles. The predicted molar refractivity (Wildman–Crippen MR) is 107 cm³/mol. The molecule has 0 atom stereocenters. The van der Waals surface area contributed by atoms with Crippen LogP contribution in [0.1, 0.15) is 28.2 Å². The molecule has 0 saturated heterocycles. The highest BCUT2D eigenvalue weighted by Crippen LogP contribution is 2.38. The van der Waals surface area contributed by atoms with Crippen LogP contribution in [0.4, 0.5) is 0 Å². The predicted octanol–water partition coefficient (Wildman–Crippen LogP) is 3.56. The van der Waals surface area contributed by atoms with Crippen molar-refractivity contribution in [2.45, 2.75) is 33.9 Å². The van der Waals surface area contributed by atoms with Crippen molar-refractivity contribution in [2.75, 3.05) is 13.2 Å². The number of hydrogen-bond acceptors (Lipinski definition) is 6. The van der Waals surface area contributed by atoms with Gasteiger partial charge in [0, 0.05) is 43.2 Å². The lowest BCUT2D eigenvalue weighted by atomic mass is 10.0. The third kappa shape index (κ3) is 3.68. The van der Waals surface area contributed by atoms with Gasteiger partial charge in [0.1, 0.15) is 6.61 Å². The zero-order valence-electron chi connectivity index (χ0n) is 16.4. The molecule has 3 aromatic rings. The van der Waals surface area contributed by atoms with Crippen molar-refractivity contribution in [3.63, 3.8) is 0 Å². The van der Waals surface area contributed by atoms with Crippen LogP contribution in [0.25, 0.3) is 11.3 Å². The van der Waals surface area contributed by atoms with Gasteiger partial charge in [-0.05, 0) is 44.5 Å². The Hall–Kier alpha value is -2.99. The summed E-state index contributed by atoms with van der Waals surface area (Å²) in [6.45, 7) is 8.62. The van der Waals surface area contributed by atoms with E-state index < -0.39 is 0 Å². The minimum atomic E-state index is 0.145. The van der Waals surface area contributed by atoms with E-state index in [0.717, 1.165) is 47.0 Å². The van der Waals surface area contributed by atoms with Crippen LogP contribution in [0, 0.1) is 20.8 Å². The van der Waals surface area contributed by atoms with E-state index in [-0.39, 0.29) is 5.75 Å². The number of benzene rings is 1. The number of phenols is 1. The van der Waals surface area contributed by atoms with Gasteiger partial charge in [0.2, 0.25) is 0 Å². The number of rotatable bonds is 3. The van der Waals surface area contributed by atoms with Gasteiger partial charge >= 0.3 is 0 Å². The topological polar surface area (TPSA) is 71.4 Å². The summed E-state index contributed by atoms with van der Waals surface area (Å²) in [5, 5.41) is 10.6. The molecule has 2 aromatic heterocycles. The molecule has 0 amide bonds. The molecule has 144 valence electrons. The number of fused-ring (bicyclic) bond motifs is 1. The molecule has 1 aliphatic heterocycles. The maximum absolute atomic E-state index is 10.6. The van der Waals surface area contributed by atoms with Crippen LogP contribution in [0.3, 0.4) is 0 Å². The van der Waals surface area contributed by atoms with Gasteiger partial charge in [-0.25, -0.2) is 4.98 Å². The third-order valence-electron chi connectivity index (χ3n) is 5.03. The first-order chi connectivity index (χ1) is 13.5. The SMILES string of the molecule is Cc1cnc(C)c(-c2cc(O)c3c(c2)CN(Cc2ncccc2C)CCO3)n1. The van der Waals surface area contributed by atoms with Crippen molar-refractivity contribution in [3.8, 4) is 22.8 Å². The highest BCUT2D eigenvalue weighted by atomic mass is 16.5. The van der Waals surface area contributed by atoms with E-state index in [1.165, 1.54) is 5.56 Å². The van der Waals surface area contributed by atoms with Crippen LogP contribution in [0.15, 0.2) is 36.7 Å². The Bertz CT molecular complexity index is 1020. The summed E-state index contributed by atoms with van der Waals surface area (Å²) in [5.74, 6) is 0.702. The molecular formula is C22H24N4O2. The standard InChI is InChI=1S/C22H24N4O2/c1-14-5-4-6-23-19(14)13-26-7-8-28-22-18(12-26)9-17(10-20(22)27)21-16(3)24-11-15(2)25-21/h4-6,9-11,27H,7-8,12-13H2,1-3H3. The Morgan fingerprint density at radius 3 is 2.86 bits per heavy atom. The smallest absolute Gasteiger partial charge is 0.165 e. The lowest BCUT2D eigenvalue weighted by molar-refractivity contribution is 0.215. The molecule has 0 radical (unpaired) electrons. The molecule has 6 nitrogen and oxygen atoms in total. The van der Waals surface area contributed by atoms with Crippen molar-refractivity contribution >= 4 is 0 Å². The monoisotopic (exact) mass is 376 g/mol. The lowest BCUT2D eigenvalue weighted by Crippen LogP contribution is -2.26. The Balaban J connectivity index is 1.68. The first kappa shape index (κ1) is 18.4. The summed E-state index contributed by atoms with van der Waals surface area (Å²) < 4.78 is 5.87. The van der Waals surface area contributed by atoms with Crippen molar-refractivity contribution < 1.29 is 9.84 Å². The van der Waals surface area contributed by atoms with Crippen molar-refractivity contribution in [2.24, 2.45) is 0 Å². The zero-order valence-corrected chi connectivity index (χ0v) is 16.4. The maximum Gasteiger partial charge on any atom is 0.165 e. The molecule has 6 heteroatoms.